The first-order chi connectivity index (χ1) is 13.2. The van der Waals surface area contributed by atoms with Crippen molar-refractivity contribution in [2.45, 2.75) is 47.2 Å². The topological polar surface area (TPSA) is 66.2 Å². The van der Waals surface area contributed by atoms with Crippen LogP contribution in [-0.2, 0) is 13.6 Å². The third-order valence-corrected chi connectivity index (χ3v) is 5.42. The highest BCUT2D eigenvalue weighted by molar-refractivity contribution is 5.75. The summed E-state index contributed by atoms with van der Waals surface area (Å²) in [6.45, 7) is 10.4. The Kier molecular flexibility index (Phi) is 4.06. The smallest absolute Gasteiger partial charge is 0.312 e. The zero-order chi connectivity index (χ0) is 20.3. The lowest BCUT2D eigenvalue weighted by atomic mass is 10.1. The van der Waals surface area contributed by atoms with Crippen molar-refractivity contribution in [1.82, 2.24) is 23.1 Å². The summed E-state index contributed by atoms with van der Waals surface area (Å²) in [4.78, 5) is 30.9. The quantitative estimate of drug-likeness (QED) is 0.550. The zero-order valence-corrected chi connectivity index (χ0v) is 17.1. The van der Waals surface area contributed by atoms with E-state index >= 15 is 0 Å². The van der Waals surface area contributed by atoms with Crippen LogP contribution < -0.4 is 11.2 Å². The van der Waals surface area contributed by atoms with Gasteiger partial charge in [0.15, 0.2) is 11.2 Å². The molecule has 0 atom stereocenters. The van der Waals surface area contributed by atoms with Gasteiger partial charge in [0, 0.05) is 25.0 Å². The van der Waals surface area contributed by atoms with E-state index in [1.54, 1.807) is 7.05 Å². The number of fused-ring (bicyclic) bond motifs is 3. The first kappa shape index (κ1) is 18.3. The van der Waals surface area contributed by atoms with Crippen molar-refractivity contribution in [3.05, 3.63) is 67.6 Å². The Hall–Kier alpha value is -3.09. The molecule has 3 aromatic heterocycles. The second-order valence-electron chi connectivity index (χ2n) is 7.85. The molecule has 0 fully saturated rings. The van der Waals surface area contributed by atoms with Crippen LogP contribution in [0.15, 0.2) is 34.0 Å². The number of imidazole rings is 2. The maximum atomic E-state index is 13.3. The largest absolute Gasteiger partial charge is 0.332 e. The molecule has 0 aliphatic rings. The fraction of sp³-hybridized carbons (Fsp3) is 0.381. The molecular weight excluding hydrogens is 354 g/mol. The standard InChI is InChI=1S/C21H25N5O2/c1-12(2)26-15(5)10-24-17-18(22-20(24)26)23(6)21(28)25(19(17)27)11-16-9-13(3)7-8-14(16)4/h7-10,12H,11H2,1-6H3. The normalized spacial score (nSPS) is 12.0. The molecule has 0 N–H and O–H groups in total. The van der Waals surface area contributed by atoms with Gasteiger partial charge in [-0.15, -0.1) is 0 Å². The van der Waals surface area contributed by atoms with Gasteiger partial charge < -0.3 is 4.57 Å². The van der Waals surface area contributed by atoms with E-state index in [4.69, 9.17) is 0 Å². The highest BCUT2D eigenvalue weighted by Gasteiger charge is 2.21. The lowest BCUT2D eigenvalue weighted by Crippen LogP contribution is -2.39. The van der Waals surface area contributed by atoms with E-state index in [-0.39, 0.29) is 23.8 Å². The average molecular weight is 379 g/mol. The summed E-state index contributed by atoms with van der Waals surface area (Å²) in [5.74, 6) is 0.680. The molecular formula is C21H25N5O2. The minimum Gasteiger partial charge on any atom is -0.312 e. The van der Waals surface area contributed by atoms with Gasteiger partial charge in [0.1, 0.15) is 0 Å². The molecule has 4 rings (SSSR count). The van der Waals surface area contributed by atoms with Crippen LogP contribution in [0.1, 0.15) is 42.3 Å². The maximum absolute atomic E-state index is 13.3. The number of aromatic nitrogens is 5. The minimum absolute atomic E-state index is 0.198. The third kappa shape index (κ3) is 2.53. The van der Waals surface area contributed by atoms with Gasteiger partial charge in [0.2, 0.25) is 5.78 Å². The first-order valence-electron chi connectivity index (χ1n) is 9.46. The molecule has 0 unspecified atom stereocenters. The molecule has 3 heterocycles. The average Bonchev–Trinajstić information content (AvgIpc) is 3.13. The number of rotatable bonds is 3. The van der Waals surface area contributed by atoms with Crippen LogP contribution >= 0.6 is 0 Å². The van der Waals surface area contributed by atoms with Gasteiger partial charge in [-0.2, -0.15) is 4.98 Å². The highest BCUT2D eigenvalue weighted by atomic mass is 16.2. The third-order valence-electron chi connectivity index (χ3n) is 5.42. The molecule has 0 aliphatic heterocycles. The highest BCUT2D eigenvalue weighted by Crippen LogP contribution is 2.20. The Morgan fingerprint density at radius 3 is 2.50 bits per heavy atom. The summed E-state index contributed by atoms with van der Waals surface area (Å²) in [5.41, 5.74) is 4.33. The second kappa shape index (κ2) is 6.22. The van der Waals surface area contributed by atoms with E-state index in [0.29, 0.717) is 16.9 Å². The van der Waals surface area contributed by atoms with Crippen LogP contribution in [0.3, 0.4) is 0 Å². The predicted molar refractivity (Wildman–Crippen MR) is 110 cm³/mol. The molecule has 1 aromatic carbocycles. The zero-order valence-electron chi connectivity index (χ0n) is 17.1. The van der Waals surface area contributed by atoms with Crippen molar-refractivity contribution in [2.75, 3.05) is 0 Å². The van der Waals surface area contributed by atoms with Gasteiger partial charge in [-0.05, 0) is 45.7 Å². The summed E-state index contributed by atoms with van der Waals surface area (Å²) in [5, 5.41) is 0. The lowest BCUT2D eigenvalue weighted by Gasteiger charge is -2.11. The van der Waals surface area contributed by atoms with Crippen molar-refractivity contribution in [3.8, 4) is 0 Å². The lowest BCUT2D eigenvalue weighted by molar-refractivity contribution is 0.601. The molecule has 0 bridgehead atoms. The van der Waals surface area contributed by atoms with Crippen molar-refractivity contribution >= 4 is 16.9 Å². The molecule has 28 heavy (non-hydrogen) atoms. The van der Waals surface area contributed by atoms with Crippen LogP contribution in [-0.4, -0.2) is 23.1 Å². The van der Waals surface area contributed by atoms with Crippen LogP contribution in [0.2, 0.25) is 0 Å². The molecule has 146 valence electrons. The predicted octanol–water partition coefficient (Wildman–Crippen LogP) is 2.70. The van der Waals surface area contributed by atoms with Crippen LogP contribution in [0.4, 0.5) is 0 Å². The number of hydrogen-bond acceptors (Lipinski definition) is 3. The number of aryl methyl sites for hydroxylation is 4. The van der Waals surface area contributed by atoms with Crippen molar-refractivity contribution < 1.29 is 0 Å². The van der Waals surface area contributed by atoms with E-state index < -0.39 is 0 Å². The summed E-state index contributed by atoms with van der Waals surface area (Å²) in [7, 11) is 1.67. The Balaban J connectivity index is 2.05. The Morgan fingerprint density at radius 2 is 1.82 bits per heavy atom. The summed E-state index contributed by atoms with van der Waals surface area (Å²) in [6.07, 6.45) is 1.92. The van der Waals surface area contributed by atoms with Gasteiger partial charge in [0.25, 0.3) is 5.56 Å². The summed E-state index contributed by atoms with van der Waals surface area (Å²) in [6, 6.07) is 6.27. The van der Waals surface area contributed by atoms with E-state index in [2.05, 4.69) is 23.4 Å². The van der Waals surface area contributed by atoms with E-state index in [0.717, 1.165) is 22.4 Å². The second-order valence-corrected chi connectivity index (χ2v) is 7.85. The first-order valence-corrected chi connectivity index (χ1v) is 9.46. The number of benzene rings is 1. The molecule has 0 saturated heterocycles. The van der Waals surface area contributed by atoms with Gasteiger partial charge in [-0.1, -0.05) is 23.8 Å². The van der Waals surface area contributed by atoms with E-state index in [1.807, 2.05) is 49.6 Å². The van der Waals surface area contributed by atoms with Crippen molar-refractivity contribution in [3.63, 3.8) is 0 Å². The number of nitrogens with zero attached hydrogens (tertiary/aromatic N) is 5. The summed E-state index contributed by atoms with van der Waals surface area (Å²) < 4.78 is 6.65. The molecule has 0 aliphatic carbocycles. The van der Waals surface area contributed by atoms with Crippen LogP contribution in [0.5, 0.6) is 0 Å². The van der Waals surface area contributed by atoms with E-state index in [9.17, 15) is 9.59 Å². The molecule has 0 amide bonds. The van der Waals surface area contributed by atoms with Crippen LogP contribution in [0.25, 0.3) is 16.9 Å². The van der Waals surface area contributed by atoms with Gasteiger partial charge in [0.05, 0.1) is 6.54 Å². The number of hydrogen-bond donors (Lipinski definition) is 0. The Morgan fingerprint density at radius 1 is 1.11 bits per heavy atom. The molecule has 0 spiro atoms. The fourth-order valence-electron chi connectivity index (χ4n) is 3.95. The minimum atomic E-state index is -0.355. The van der Waals surface area contributed by atoms with Crippen molar-refractivity contribution in [1.29, 1.82) is 0 Å². The molecule has 0 saturated carbocycles. The van der Waals surface area contributed by atoms with Gasteiger partial charge >= 0.3 is 5.69 Å². The molecule has 7 nitrogen and oxygen atoms in total. The van der Waals surface area contributed by atoms with Crippen molar-refractivity contribution in [2.24, 2.45) is 7.05 Å². The SMILES string of the molecule is Cc1ccc(C)c(Cn2c(=O)c3c(nc4n(C(C)C)c(C)cn34)n(C)c2=O)c1. The summed E-state index contributed by atoms with van der Waals surface area (Å²) >= 11 is 0. The molecule has 7 heteroatoms. The fourth-order valence-corrected chi connectivity index (χ4v) is 3.95. The monoisotopic (exact) mass is 379 g/mol. The maximum Gasteiger partial charge on any atom is 0.332 e. The van der Waals surface area contributed by atoms with Gasteiger partial charge in [-0.25, -0.2) is 4.79 Å². The molecule has 0 radical (unpaired) electrons. The van der Waals surface area contributed by atoms with E-state index in [1.165, 1.54) is 9.13 Å². The van der Waals surface area contributed by atoms with Gasteiger partial charge in [-0.3, -0.25) is 18.3 Å². The molecule has 4 aromatic rings. The van der Waals surface area contributed by atoms with Crippen LogP contribution in [0, 0.1) is 20.8 Å². The Bertz CT molecular complexity index is 1350. The Labute approximate surface area is 162 Å².